The van der Waals surface area contributed by atoms with Gasteiger partial charge in [-0.1, -0.05) is 6.07 Å². The standard InChI is InChI=1S/C15H14N2O5S/c18-13(19)8-10(12-2-1-7-23-12)16-14(20)9-3-4-11-15(17-9)22-6-5-21-11/h1-4,7,10H,5-6,8H2,(H,16,20)(H,18,19). The molecule has 0 saturated carbocycles. The van der Waals surface area contributed by atoms with Crippen molar-refractivity contribution in [2.75, 3.05) is 13.2 Å². The number of amides is 1. The summed E-state index contributed by atoms with van der Waals surface area (Å²) in [5.41, 5.74) is 0.154. The summed E-state index contributed by atoms with van der Waals surface area (Å²) in [7, 11) is 0. The lowest BCUT2D eigenvalue weighted by Crippen LogP contribution is -2.30. The highest BCUT2D eigenvalue weighted by Gasteiger charge is 2.22. The van der Waals surface area contributed by atoms with Crippen LogP contribution in [0.15, 0.2) is 29.6 Å². The van der Waals surface area contributed by atoms with E-state index < -0.39 is 17.9 Å². The Morgan fingerprint density at radius 3 is 2.87 bits per heavy atom. The van der Waals surface area contributed by atoms with E-state index in [1.165, 1.54) is 17.4 Å². The number of nitrogens with zero attached hydrogens (tertiary/aromatic N) is 1. The monoisotopic (exact) mass is 334 g/mol. The van der Waals surface area contributed by atoms with Gasteiger partial charge in [0.2, 0.25) is 0 Å². The van der Waals surface area contributed by atoms with Gasteiger partial charge in [0.15, 0.2) is 5.75 Å². The molecule has 0 bridgehead atoms. The van der Waals surface area contributed by atoms with Gasteiger partial charge >= 0.3 is 5.97 Å². The fourth-order valence-corrected chi connectivity index (χ4v) is 2.95. The second-order valence-electron chi connectivity index (χ2n) is 4.84. The molecule has 1 unspecified atom stereocenters. The Hall–Kier alpha value is -2.61. The van der Waals surface area contributed by atoms with Gasteiger partial charge in [-0.3, -0.25) is 9.59 Å². The summed E-state index contributed by atoms with van der Waals surface area (Å²) in [6.07, 6.45) is -0.198. The first-order valence-corrected chi connectivity index (χ1v) is 7.84. The minimum Gasteiger partial charge on any atom is -0.484 e. The summed E-state index contributed by atoms with van der Waals surface area (Å²) in [5.74, 6) is -0.677. The minimum absolute atomic E-state index is 0.154. The number of carboxylic acids is 1. The summed E-state index contributed by atoms with van der Waals surface area (Å²) in [6.45, 7) is 0.821. The van der Waals surface area contributed by atoms with Crippen molar-refractivity contribution >= 4 is 23.2 Å². The van der Waals surface area contributed by atoms with E-state index in [-0.39, 0.29) is 18.0 Å². The molecule has 1 amide bonds. The SMILES string of the molecule is O=C(O)CC(NC(=O)c1ccc2c(n1)OCCO2)c1cccs1. The molecule has 3 rings (SSSR count). The van der Waals surface area contributed by atoms with E-state index in [4.69, 9.17) is 14.6 Å². The Kier molecular flexibility index (Phi) is 4.42. The van der Waals surface area contributed by atoms with Crippen molar-refractivity contribution in [3.05, 3.63) is 40.2 Å². The molecule has 3 heterocycles. The van der Waals surface area contributed by atoms with E-state index in [2.05, 4.69) is 10.3 Å². The zero-order valence-electron chi connectivity index (χ0n) is 12.0. The summed E-state index contributed by atoms with van der Waals surface area (Å²) >= 11 is 1.39. The predicted molar refractivity (Wildman–Crippen MR) is 82.0 cm³/mol. The van der Waals surface area contributed by atoms with Gasteiger partial charge < -0.3 is 19.9 Å². The molecule has 0 fully saturated rings. The number of carbonyl (C=O) groups excluding carboxylic acids is 1. The molecule has 7 nitrogen and oxygen atoms in total. The summed E-state index contributed by atoms with van der Waals surface area (Å²) < 4.78 is 10.7. The lowest BCUT2D eigenvalue weighted by Gasteiger charge is -2.18. The molecule has 1 aliphatic heterocycles. The van der Waals surface area contributed by atoms with Crippen LogP contribution < -0.4 is 14.8 Å². The molecule has 120 valence electrons. The maximum absolute atomic E-state index is 12.4. The zero-order valence-corrected chi connectivity index (χ0v) is 12.8. The Bertz CT molecular complexity index is 717. The van der Waals surface area contributed by atoms with Crippen LogP contribution in [0, 0.1) is 0 Å². The third-order valence-corrected chi connectivity index (χ3v) is 4.19. The first-order valence-electron chi connectivity index (χ1n) is 6.96. The van der Waals surface area contributed by atoms with Crippen LogP contribution in [-0.2, 0) is 4.79 Å². The first-order chi connectivity index (χ1) is 11.1. The number of aromatic nitrogens is 1. The van der Waals surface area contributed by atoms with Crippen LogP contribution in [-0.4, -0.2) is 35.2 Å². The molecule has 0 aliphatic carbocycles. The van der Waals surface area contributed by atoms with Crippen molar-refractivity contribution in [1.29, 1.82) is 0 Å². The molecule has 0 aromatic carbocycles. The van der Waals surface area contributed by atoms with Crippen molar-refractivity contribution in [2.45, 2.75) is 12.5 Å². The largest absolute Gasteiger partial charge is 0.484 e. The number of aliphatic carboxylic acids is 1. The molecule has 2 aromatic heterocycles. The highest BCUT2D eigenvalue weighted by molar-refractivity contribution is 7.10. The number of pyridine rings is 1. The van der Waals surface area contributed by atoms with Gasteiger partial charge in [-0.2, -0.15) is 0 Å². The fourth-order valence-electron chi connectivity index (χ4n) is 2.18. The zero-order chi connectivity index (χ0) is 16.2. The molecule has 0 saturated heterocycles. The Morgan fingerprint density at radius 1 is 1.30 bits per heavy atom. The van der Waals surface area contributed by atoms with Gasteiger partial charge in [-0.05, 0) is 23.6 Å². The van der Waals surface area contributed by atoms with Crippen LogP contribution in [0.2, 0.25) is 0 Å². The van der Waals surface area contributed by atoms with Crippen molar-refractivity contribution in [2.24, 2.45) is 0 Å². The predicted octanol–water partition coefficient (Wildman–Crippen LogP) is 1.86. The van der Waals surface area contributed by atoms with E-state index in [1.54, 1.807) is 12.1 Å². The maximum Gasteiger partial charge on any atom is 0.305 e. The Balaban J connectivity index is 1.77. The normalized spacial score (nSPS) is 14.1. The quantitative estimate of drug-likeness (QED) is 0.866. The molecular weight excluding hydrogens is 320 g/mol. The lowest BCUT2D eigenvalue weighted by atomic mass is 10.1. The molecule has 2 aromatic rings. The van der Waals surface area contributed by atoms with Gasteiger partial charge in [0, 0.05) is 4.88 Å². The highest BCUT2D eigenvalue weighted by atomic mass is 32.1. The average Bonchev–Trinajstić information content (AvgIpc) is 3.07. The number of thiophene rings is 1. The number of hydrogen-bond donors (Lipinski definition) is 2. The van der Waals surface area contributed by atoms with Gasteiger partial charge in [-0.15, -0.1) is 11.3 Å². The van der Waals surface area contributed by atoms with Gasteiger partial charge in [-0.25, -0.2) is 4.98 Å². The molecule has 1 atom stereocenters. The number of hydrogen-bond acceptors (Lipinski definition) is 6. The molecule has 0 radical (unpaired) electrons. The van der Waals surface area contributed by atoms with E-state index in [0.29, 0.717) is 19.0 Å². The fraction of sp³-hybridized carbons (Fsp3) is 0.267. The van der Waals surface area contributed by atoms with Crippen molar-refractivity contribution in [1.82, 2.24) is 10.3 Å². The second-order valence-corrected chi connectivity index (χ2v) is 5.82. The topological polar surface area (TPSA) is 97.8 Å². The number of nitrogens with one attached hydrogen (secondary N) is 1. The van der Waals surface area contributed by atoms with Crippen LogP contribution in [0.25, 0.3) is 0 Å². The van der Waals surface area contributed by atoms with E-state index in [1.807, 2.05) is 11.4 Å². The van der Waals surface area contributed by atoms with E-state index >= 15 is 0 Å². The third kappa shape index (κ3) is 3.59. The molecule has 8 heteroatoms. The van der Waals surface area contributed by atoms with Crippen LogP contribution >= 0.6 is 11.3 Å². The Labute approximate surface area is 135 Å². The first kappa shape index (κ1) is 15.3. The highest BCUT2D eigenvalue weighted by Crippen LogP contribution is 2.28. The van der Waals surface area contributed by atoms with E-state index in [9.17, 15) is 9.59 Å². The molecule has 2 N–H and O–H groups in total. The third-order valence-electron chi connectivity index (χ3n) is 3.21. The summed E-state index contributed by atoms with van der Waals surface area (Å²) in [5, 5.41) is 13.6. The number of carboxylic acid groups (broad SMARTS) is 1. The number of ether oxygens (including phenoxy) is 2. The minimum atomic E-state index is -0.987. The molecule has 0 spiro atoms. The lowest BCUT2D eigenvalue weighted by molar-refractivity contribution is -0.137. The van der Waals surface area contributed by atoms with Crippen LogP contribution in [0.1, 0.15) is 27.8 Å². The van der Waals surface area contributed by atoms with Crippen molar-refractivity contribution in [3.8, 4) is 11.6 Å². The van der Waals surface area contributed by atoms with Gasteiger partial charge in [0.05, 0.1) is 12.5 Å². The molecule has 23 heavy (non-hydrogen) atoms. The maximum atomic E-state index is 12.4. The summed E-state index contributed by atoms with van der Waals surface area (Å²) in [6, 6.07) is 6.14. The average molecular weight is 334 g/mol. The van der Waals surface area contributed by atoms with Gasteiger partial charge in [0.25, 0.3) is 11.8 Å². The smallest absolute Gasteiger partial charge is 0.305 e. The summed E-state index contributed by atoms with van der Waals surface area (Å²) in [4.78, 5) is 28.3. The number of fused-ring (bicyclic) bond motifs is 1. The second kappa shape index (κ2) is 6.66. The van der Waals surface area contributed by atoms with Crippen molar-refractivity contribution < 1.29 is 24.2 Å². The Morgan fingerprint density at radius 2 is 2.13 bits per heavy atom. The number of rotatable bonds is 5. The van der Waals surface area contributed by atoms with E-state index in [0.717, 1.165) is 4.88 Å². The molecular formula is C15H14N2O5S. The van der Waals surface area contributed by atoms with Crippen LogP contribution in [0.4, 0.5) is 0 Å². The number of carbonyl (C=O) groups is 2. The van der Waals surface area contributed by atoms with Crippen LogP contribution in [0.3, 0.4) is 0 Å². The van der Waals surface area contributed by atoms with Crippen LogP contribution in [0.5, 0.6) is 11.6 Å². The molecule has 1 aliphatic rings. The van der Waals surface area contributed by atoms with Crippen molar-refractivity contribution in [3.63, 3.8) is 0 Å². The van der Waals surface area contributed by atoms with Gasteiger partial charge in [0.1, 0.15) is 18.9 Å².